The van der Waals surface area contributed by atoms with Crippen molar-refractivity contribution in [1.82, 2.24) is 4.72 Å². The predicted molar refractivity (Wildman–Crippen MR) is 115 cm³/mol. The second kappa shape index (κ2) is 8.26. The van der Waals surface area contributed by atoms with Crippen LogP contribution in [0.25, 0.3) is 0 Å². The molecule has 154 valence electrons. The summed E-state index contributed by atoms with van der Waals surface area (Å²) in [6.45, 7) is 0.553. The standard InChI is InChI=1S/C21H22Cl2N2O3S/c22-17-13-18(23)20(29(27,28)24-15-8-2-3-9-15)12-16(17)21(26)25-11-5-7-14-6-1-4-10-19(14)25/h1,4,6,10,12-13,15,24H,2-3,5,7-9,11H2. The summed E-state index contributed by atoms with van der Waals surface area (Å²) in [6, 6.07) is 10.3. The highest BCUT2D eigenvalue weighted by Gasteiger charge is 2.29. The first kappa shape index (κ1) is 20.7. The molecule has 2 aliphatic rings. The van der Waals surface area contributed by atoms with Gasteiger partial charge < -0.3 is 4.90 Å². The van der Waals surface area contributed by atoms with Gasteiger partial charge in [0.15, 0.2) is 0 Å². The van der Waals surface area contributed by atoms with Crippen LogP contribution in [0.5, 0.6) is 0 Å². The van der Waals surface area contributed by atoms with Gasteiger partial charge in [-0.1, -0.05) is 54.2 Å². The lowest BCUT2D eigenvalue weighted by Crippen LogP contribution is -2.36. The molecule has 0 radical (unpaired) electrons. The Kier molecular flexibility index (Phi) is 5.89. The fraction of sp³-hybridized carbons (Fsp3) is 0.381. The van der Waals surface area contributed by atoms with E-state index in [2.05, 4.69) is 4.72 Å². The van der Waals surface area contributed by atoms with Crippen molar-refractivity contribution in [1.29, 1.82) is 0 Å². The smallest absolute Gasteiger partial charge is 0.259 e. The summed E-state index contributed by atoms with van der Waals surface area (Å²) in [5, 5.41) is 0.152. The van der Waals surface area contributed by atoms with Crippen LogP contribution < -0.4 is 9.62 Å². The summed E-state index contributed by atoms with van der Waals surface area (Å²) in [6.07, 6.45) is 5.35. The van der Waals surface area contributed by atoms with E-state index in [0.717, 1.165) is 49.8 Å². The van der Waals surface area contributed by atoms with E-state index in [4.69, 9.17) is 23.2 Å². The Morgan fingerprint density at radius 2 is 1.76 bits per heavy atom. The van der Waals surface area contributed by atoms with Crippen molar-refractivity contribution in [2.45, 2.75) is 49.5 Å². The van der Waals surface area contributed by atoms with Crippen LogP contribution in [-0.2, 0) is 16.4 Å². The Labute approximate surface area is 181 Å². The minimum absolute atomic E-state index is 0.0103. The van der Waals surface area contributed by atoms with Gasteiger partial charge in [0, 0.05) is 18.3 Å². The number of fused-ring (bicyclic) bond motifs is 1. The third-order valence-corrected chi connectivity index (χ3v) is 7.87. The molecule has 1 amide bonds. The first-order chi connectivity index (χ1) is 13.9. The Morgan fingerprint density at radius 1 is 1.03 bits per heavy atom. The molecule has 4 rings (SSSR count). The van der Waals surface area contributed by atoms with Crippen molar-refractivity contribution in [3.63, 3.8) is 0 Å². The van der Waals surface area contributed by atoms with Crippen molar-refractivity contribution in [2.24, 2.45) is 0 Å². The molecule has 1 fully saturated rings. The van der Waals surface area contributed by atoms with E-state index >= 15 is 0 Å². The van der Waals surface area contributed by atoms with Gasteiger partial charge in [-0.15, -0.1) is 0 Å². The summed E-state index contributed by atoms with van der Waals surface area (Å²) in [7, 11) is -3.85. The molecule has 5 nitrogen and oxygen atoms in total. The maximum Gasteiger partial charge on any atom is 0.259 e. The van der Waals surface area contributed by atoms with E-state index in [9.17, 15) is 13.2 Å². The lowest BCUT2D eigenvalue weighted by atomic mass is 10.0. The molecule has 1 aliphatic heterocycles. The van der Waals surface area contributed by atoms with Crippen molar-refractivity contribution < 1.29 is 13.2 Å². The zero-order chi connectivity index (χ0) is 20.6. The molecule has 1 heterocycles. The van der Waals surface area contributed by atoms with Crippen LogP contribution in [0, 0.1) is 0 Å². The van der Waals surface area contributed by atoms with Gasteiger partial charge in [-0.25, -0.2) is 13.1 Å². The van der Waals surface area contributed by atoms with Gasteiger partial charge in [-0.05, 0) is 49.4 Å². The molecule has 0 saturated heterocycles. The molecular weight excluding hydrogens is 431 g/mol. The number of nitrogens with one attached hydrogen (secondary N) is 1. The number of carbonyl (C=O) groups excluding carboxylic acids is 1. The Bertz CT molecular complexity index is 1050. The number of anilines is 1. The van der Waals surface area contributed by atoms with E-state index in [1.165, 1.54) is 12.1 Å². The molecule has 1 saturated carbocycles. The largest absolute Gasteiger partial charge is 0.308 e. The average Bonchev–Trinajstić information content (AvgIpc) is 3.19. The summed E-state index contributed by atoms with van der Waals surface area (Å²) < 4.78 is 28.5. The fourth-order valence-electron chi connectivity index (χ4n) is 4.12. The van der Waals surface area contributed by atoms with Gasteiger partial charge in [0.25, 0.3) is 5.91 Å². The number of benzene rings is 2. The number of nitrogens with zero attached hydrogens (tertiary/aromatic N) is 1. The van der Waals surface area contributed by atoms with Crippen LogP contribution in [0.1, 0.15) is 48.0 Å². The molecule has 0 unspecified atom stereocenters. The van der Waals surface area contributed by atoms with Crippen LogP contribution >= 0.6 is 23.2 Å². The van der Waals surface area contributed by atoms with E-state index in [1.54, 1.807) is 4.90 Å². The molecule has 0 spiro atoms. The maximum absolute atomic E-state index is 13.3. The molecule has 1 aliphatic carbocycles. The summed E-state index contributed by atoms with van der Waals surface area (Å²) >= 11 is 12.5. The lowest BCUT2D eigenvalue weighted by molar-refractivity contribution is 0.0985. The van der Waals surface area contributed by atoms with Crippen LogP contribution in [0.15, 0.2) is 41.3 Å². The summed E-state index contributed by atoms with van der Waals surface area (Å²) in [5.41, 5.74) is 2.07. The number of carbonyl (C=O) groups is 1. The molecule has 1 N–H and O–H groups in total. The third kappa shape index (κ3) is 4.17. The lowest BCUT2D eigenvalue weighted by Gasteiger charge is -2.30. The predicted octanol–water partition coefficient (Wildman–Crippen LogP) is 4.81. The second-order valence-corrected chi connectivity index (χ2v) is 10.1. The highest BCUT2D eigenvalue weighted by molar-refractivity contribution is 7.89. The van der Waals surface area contributed by atoms with Crippen molar-refractivity contribution in [2.75, 3.05) is 11.4 Å². The monoisotopic (exact) mass is 452 g/mol. The van der Waals surface area contributed by atoms with Gasteiger partial charge in [-0.3, -0.25) is 4.79 Å². The number of hydrogen-bond acceptors (Lipinski definition) is 3. The molecule has 0 bridgehead atoms. The highest BCUT2D eigenvalue weighted by atomic mass is 35.5. The first-order valence-corrected chi connectivity index (χ1v) is 12.0. The molecular formula is C21H22Cl2N2O3S. The minimum atomic E-state index is -3.85. The number of aryl methyl sites for hydroxylation is 1. The van der Waals surface area contributed by atoms with Crippen molar-refractivity contribution >= 4 is 44.8 Å². The van der Waals surface area contributed by atoms with Gasteiger partial charge in [0.05, 0.1) is 15.6 Å². The second-order valence-electron chi connectivity index (χ2n) is 7.55. The number of amides is 1. The molecule has 2 aromatic carbocycles. The minimum Gasteiger partial charge on any atom is -0.308 e. The summed E-state index contributed by atoms with van der Waals surface area (Å²) in [4.78, 5) is 14.9. The van der Waals surface area contributed by atoms with Crippen molar-refractivity contribution in [3.8, 4) is 0 Å². The number of sulfonamides is 1. The molecule has 0 aromatic heterocycles. The van der Waals surface area contributed by atoms with Crippen LogP contribution in [0.3, 0.4) is 0 Å². The Hall–Kier alpha value is -1.60. The Balaban J connectivity index is 1.70. The SMILES string of the molecule is O=C(c1cc(S(=O)(=O)NC2CCCC2)c(Cl)cc1Cl)N1CCCc2ccccc21. The fourth-order valence-corrected chi connectivity index (χ4v) is 6.27. The van der Waals surface area contributed by atoms with E-state index < -0.39 is 10.0 Å². The topological polar surface area (TPSA) is 66.5 Å². The number of para-hydroxylation sites is 1. The maximum atomic E-state index is 13.3. The normalized spacial score (nSPS) is 17.4. The quantitative estimate of drug-likeness (QED) is 0.723. The number of hydrogen-bond donors (Lipinski definition) is 1. The first-order valence-electron chi connectivity index (χ1n) is 9.78. The molecule has 8 heteroatoms. The zero-order valence-corrected chi connectivity index (χ0v) is 18.2. The van der Waals surface area contributed by atoms with Crippen LogP contribution in [-0.4, -0.2) is 26.9 Å². The van der Waals surface area contributed by atoms with E-state index in [1.807, 2.05) is 24.3 Å². The average molecular weight is 453 g/mol. The van der Waals surface area contributed by atoms with Gasteiger partial charge >= 0.3 is 0 Å². The van der Waals surface area contributed by atoms with Crippen molar-refractivity contribution in [3.05, 3.63) is 57.6 Å². The van der Waals surface area contributed by atoms with E-state index in [0.29, 0.717) is 6.54 Å². The zero-order valence-electron chi connectivity index (χ0n) is 15.8. The van der Waals surface area contributed by atoms with Gasteiger partial charge in [0.2, 0.25) is 10.0 Å². The Morgan fingerprint density at radius 3 is 2.52 bits per heavy atom. The van der Waals surface area contributed by atoms with Gasteiger partial charge in [-0.2, -0.15) is 0 Å². The van der Waals surface area contributed by atoms with Gasteiger partial charge in [0.1, 0.15) is 4.90 Å². The number of halogens is 2. The highest BCUT2D eigenvalue weighted by Crippen LogP contribution is 2.33. The molecule has 0 atom stereocenters. The number of rotatable bonds is 4. The van der Waals surface area contributed by atoms with Crippen LogP contribution in [0.2, 0.25) is 10.0 Å². The third-order valence-electron chi connectivity index (χ3n) is 5.57. The molecule has 29 heavy (non-hydrogen) atoms. The van der Waals surface area contributed by atoms with Crippen LogP contribution in [0.4, 0.5) is 5.69 Å². The molecule has 2 aromatic rings. The van der Waals surface area contributed by atoms with E-state index in [-0.39, 0.29) is 32.5 Å². The summed E-state index contributed by atoms with van der Waals surface area (Å²) in [5.74, 6) is -0.323.